The van der Waals surface area contributed by atoms with Gasteiger partial charge in [-0.05, 0) is 25.0 Å². The fourth-order valence-corrected chi connectivity index (χ4v) is 4.10. The lowest BCUT2D eigenvalue weighted by Crippen LogP contribution is -2.26. The highest BCUT2D eigenvalue weighted by molar-refractivity contribution is 5.73. The molecule has 0 aliphatic carbocycles. The highest BCUT2D eigenvalue weighted by Crippen LogP contribution is 2.42. The summed E-state index contributed by atoms with van der Waals surface area (Å²) in [5.74, 6) is -0.693. The Morgan fingerprint density at radius 2 is 1.03 bits per heavy atom. The second-order valence-electron chi connectivity index (χ2n) is 10.6. The van der Waals surface area contributed by atoms with E-state index in [4.69, 9.17) is 9.47 Å². The number of phenols is 2. The van der Waals surface area contributed by atoms with Crippen LogP contribution in [0.2, 0.25) is 0 Å². The fraction of sp³-hybridized carbons (Fsp3) is 0.714. The molecule has 0 saturated carbocycles. The third kappa shape index (κ3) is 9.94. The molecule has 2 N–H and O–H groups in total. The normalized spacial score (nSPS) is 11.9. The first-order valence-electron chi connectivity index (χ1n) is 12.8. The van der Waals surface area contributed by atoms with Gasteiger partial charge in [0.15, 0.2) is 0 Å². The monoisotopic (exact) mass is 478 g/mol. The lowest BCUT2D eigenvalue weighted by Gasteiger charge is -2.29. The summed E-state index contributed by atoms with van der Waals surface area (Å²) in [4.78, 5) is 24.7. The van der Waals surface area contributed by atoms with Gasteiger partial charge in [0.25, 0.3) is 0 Å². The van der Waals surface area contributed by atoms with Gasteiger partial charge >= 0.3 is 11.9 Å². The third-order valence-corrected chi connectivity index (χ3v) is 6.27. The van der Waals surface area contributed by atoms with Crippen LogP contribution in [0.5, 0.6) is 11.5 Å². The molecule has 0 unspecified atom stereocenters. The van der Waals surface area contributed by atoms with Gasteiger partial charge in [0, 0.05) is 22.0 Å². The SMILES string of the molecule is CCCCCCOC(=O)CC(C)(C)c1cc(O)c(C(C)(C)CC(=O)OCCCCCC)cc1O. The van der Waals surface area contributed by atoms with Crippen LogP contribution in [0.3, 0.4) is 0 Å². The van der Waals surface area contributed by atoms with Crippen molar-refractivity contribution in [3.8, 4) is 11.5 Å². The van der Waals surface area contributed by atoms with E-state index in [9.17, 15) is 19.8 Å². The van der Waals surface area contributed by atoms with Crippen molar-refractivity contribution >= 4 is 11.9 Å². The largest absolute Gasteiger partial charge is 0.508 e. The van der Waals surface area contributed by atoms with Crippen LogP contribution in [-0.4, -0.2) is 35.4 Å². The van der Waals surface area contributed by atoms with Gasteiger partial charge in [-0.25, -0.2) is 0 Å². The quantitative estimate of drug-likeness (QED) is 0.156. The molecule has 1 rings (SSSR count). The zero-order valence-corrected chi connectivity index (χ0v) is 22.2. The van der Waals surface area contributed by atoms with Crippen LogP contribution >= 0.6 is 0 Å². The molecule has 0 fully saturated rings. The minimum Gasteiger partial charge on any atom is -0.508 e. The van der Waals surface area contributed by atoms with Crippen molar-refractivity contribution < 1.29 is 29.3 Å². The molecule has 1 aromatic carbocycles. The van der Waals surface area contributed by atoms with Gasteiger partial charge in [0.2, 0.25) is 0 Å². The number of hydrogen-bond acceptors (Lipinski definition) is 6. The average Bonchev–Trinajstić information content (AvgIpc) is 2.74. The van der Waals surface area contributed by atoms with Gasteiger partial charge in [-0.2, -0.15) is 0 Å². The van der Waals surface area contributed by atoms with Crippen molar-refractivity contribution in [1.29, 1.82) is 0 Å². The summed E-state index contributed by atoms with van der Waals surface area (Å²) in [6, 6.07) is 2.99. The summed E-state index contributed by atoms with van der Waals surface area (Å²) in [5.41, 5.74) is -0.540. The molecule has 34 heavy (non-hydrogen) atoms. The van der Waals surface area contributed by atoms with Crippen LogP contribution in [0, 0.1) is 0 Å². The lowest BCUT2D eigenvalue weighted by molar-refractivity contribution is -0.146. The fourth-order valence-electron chi connectivity index (χ4n) is 4.10. The zero-order chi connectivity index (χ0) is 25.8. The van der Waals surface area contributed by atoms with E-state index in [1.165, 1.54) is 12.1 Å². The molecular weight excluding hydrogens is 432 g/mol. The molecule has 0 atom stereocenters. The highest BCUT2D eigenvalue weighted by Gasteiger charge is 2.33. The Labute approximate surface area is 206 Å². The Kier molecular flexibility index (Phi) is 12.5. The highest BCUT2D eigenvalue weighted by atomic mass is 16.5. The summed E-state index contributed by atoms with van der Waals surface area (Å²) in [5, 5.41) is 21.6. The molecular formula is C28H46O6. The van der Waals surface area contributed by atoms with Gasteiger partial charge in [0.1, 0.15) is 11.5 Å². The molecule has 0 saturated heterocycles. The molecule has 0 spiro atoms. The van der Waals surface area contributed by atoms with Crippen LogP contribution in [0.25, 0.3) is 0 Å². The van der Waals surface area contributed by atoms with E-state index in [0.29, 0.717) is 24.3 Å². The van der Waals surface area contributed by atoms with E-state index in [2.05, 4.69) is 13.8 Å². The Hall–Kier alpha value is -2.24. The Bertz CT molecular complexity index is 716. The van der Waals surface area contributed by atoms with Gasteiger partial charge in [-0.3, -0.25) is 9.59 Å². The molecule has 6 heteroatoms. The first kappa shape index (κ1) is 29.8. The summed E-state index contributed by atoms with van der Waals surface area (Å²) >= 11 is 0. The van der Waals surface area contributed by atoms with E-state index in [0.717, 1.165) is 51.4 Å². The number of esters is 2. The van der Waals surface area contributed by atoms with Gasteiger partial charge in [0.05, 0.1) is 26.1 Å². The predicted molar refractivity (Wildman–Crippen MR) is 135 cm³/mol. The van der Waals surface area contributed by atoms with Crippen LogP contribution in [0.15, 0.2) is 12.1 Å². The smallest absolute Gasteiger partial charge is 0.306 e. The van der Waals surface area contributed by atoms with Gasteiger partial charge in [-0.1, -0.05) is 80.1 Å². The molecule has 0 bridgehead atoms. The van der Waals surface area contributed by atoms with Crippen molar-refractivity contribution in [3.63, 3.8) is 0 Å². The number of rotatable bonds is 16. The van der Waals surface area contributed by atoms with Crippen molar-refractivity contribution in [1.82, 2.24) is 0 Å². The summed E-state index contributed by atoms with van der Waals surface area (Å²) < 4.78 is 10.7. The Morgan fingerprint density at radius 1 is 0.676 bits per heavy atom. The van der Waals surface area contributed by atoms with E-state index < -0.39 is 10.8 Å². The molecule has 6 nitrogen and oxygen atoms in total. The van der Waals surface area contributed by atoms with Crippen LogP contribution in [0.4, 0.5) is 0 Å². The van der Waals surface area contributed by atoms with Crippen LogP contribution in [-0.2, 0) is 29.9 Å². The second kappa shape index (κ2) is 14.2. The van der Waals surface area contributed by atoms with E-state index >= 15 is 0 Å². The minimum absolute atomic E-state index is 0.0189. The van der Waals surface area contributed by atoms with Crippen molar-refractivity contribution in [2.45, 2.75) is 117 Å². The molecule has 0 aliphatic rings. The molecule has 0 aromatic heterocycles. The third-order valence-electron chi connectivity index (χ3n) is 6.27. The molecule has 0 amide bonds. The standard InChI is InChI=1S/C28H46O6/c1-7-9-11-13-15-33-25(31)19-27(3,4)21-17-24(30)22(18-23(21)29)28(5,6)20-26(32)34-16-14-12-10-8-2/h17-18,29-30H,7-16,19-20H2,1-6H3. The number of phenolic OH excluding ortho intramolecular Hbond substituents is 2. The van der Waals surface area contributed by atoms with Crippen molar-refractivity contribution in [3.05, 3.63) is 23.3 Å². The summed E-state index contributed by atoms with van der Waals surface area (Å²) in [6.07, 6.45) is 8.41. The summed E-state index contributed by atoms with van der Waals surface area (Å²) in [6.45, 7) is 12.4. The average molecular weight is 479 g/mol. The van der Waals surface area contributed by atoms with E-state index in [1.54, 1.807) is 0 Å². The number of benzene rings is 1. The van der Waals surface area contributed by atoms with Crippen molar-refractivity contribution in [2.24, 2.45) is 0 Å². The topological polar surface area (TPSA) is 93.1 Å². The molecule has 0 radical (unpaired) electrons. The number of carbonyl (C=O) groups excluding carboxylic acids is 2. The first-order valence-corrected chi connectivity index (χ1v) is 12.8. The Morgan fingerprint density at radius 3 is 1.35 bits per heavy atom. The van der Waals surface area contributed by atoms with E-state index in [-0.39, 0.29) is 36.3 Å². The first-order chi connectivity index (χ1) is 15.9. The minimum atomic E-state index is -0.734. The van der Waals surface area contributed by atoms with Crippen molar-refractivity contribution in [2.75, 3.05) is 13.2 Å². The Balaban J connectivity index is 2.81. The predicted octanol–water partition coefficient (Wildman–Crippen LogP) is 6.68. The molecule has 194 valence electrons. The maximum Gasteiger partial charge on any atom is 0.306 e. The number of unbranched alkanes of at least 4 members (excludes halogenated alkanes) is 6. The molecule has 1 aromatic rings. The molecule has 0 heterocycles. The number of carbonyl (C=O) groups is 2. The van der Waals surface area contributed by atoms with Gasteiger partial charge in [-0.15, -0.1) is 0 Å². The zero-order valence-electron chi connectivity index (χ0n) is 22.2. The number of hydrogen-bond donors (Lipinski definition) is 2. The summed E-state index contributed by atoms with van der Waals surface area (Å²) in [7, 11) is 0. The second-order valence-corrected chi connectivity index (χ2v) is 10.6. The maximum absolute atomic E-state index is 12.3. The van der Waals surface area contributed by atoms with Crippen LogP contribution in [0.1, 0.15) is 117 Å². The molecule has 0 aliphatic heterocycles. The van der Waals surface area contributed by atoms with Crippen LogP contribution < -0.4 is 0 Å². The number of ether oxygens (including phenoxy) is 2. The maximum atomic E-state index is 12.3. The number of aromatic hydroxyl groups is 2. The lowest BCUT2D eigenvalue weighted by atomic mass is 9.76. The van der Waals surface area contributed by atoms with E-state index in [1.807, 2.05) is 27.7 Å². The van der Waals surface area contributed by atoms with Gasteiger partial charge < -0.3 is 19.7 Å².